The number of thiophene rings is 2. The molecule has 4 heterocycles. The average Bonchev–Trinajstić information content (AvgIpc) is 4.09. The predicted octanol–water partition coefficient (Wildman–Crippen LogP) is 9.21. The third-order valence-electron chi connectivity index (χ3n) is 13.6. The molecule has 0 aliphatic heterocycles. The van der Waals surface area contributed by atoms with Gasteiger partial charge in [-0.3, -0.25) is 4.79 Å². The van der Waals surface area contributed by atoms with Crippen LogP contribution >= 0.6 is 34.3 Å². The lowest BCUT2D eigenvalue weighted by Crippen LogP contribution is -2.43. The van der Waals surface area contributed by atoms with Crippen LogP contribution in [0.25, 0.3) is 21.9 Å². The molecule has 2 aromatic carbocycles. The first-order chi connectivity index (χ1) is 30.0. The van der Waals surface area contributed by atoms with Crippen molar-refractivity contribution in [2.75, 3.05) is 20.1 Å². The Morgan fingerprint density at radius 2 is 1.86 bits per heavy atom. The first-order valence-electron chi connectivity index (χ1n) is 22.1. The fourth-order valence-electron chi connectivity index (χ4n) is 9.09. The van der Waals surface area contributed by atoms with Gasteiger partial charge in [0.15, 0.2) is 8.32 Å². The molecule has 6 aromatic rings. The normalized spacial score (nSPS) is 18.6. The summed E-state index contributed by atoms with van der Waals surface area (Å²) in [6.45, 7) is 14.1. The summed E-state index contributed by atoms with van der Waals surface area (Å²) in [5.41, 5.74) is 5.26. The number of aryl methyl sites for hydroxylation is 2. The number of carbonyl (C=O) groups is 1. The Hall–Kier alpha value is -3.93. The van der Waals surface area contributed by atoms with Crippen LogP contribution in [0.4, 0.5) is 0 Å². The summed E-state index contributed by atoms with van der Waals surface area (Å²) in [6.07, 6.45) is 6.77. The second-order valence-electron chi connectivity index (χ2n) is 18.8. The van der Waals surface area contributed by atoms with E-state index in [1.165, 1.54) is 45.4 Å². The number of carbonyl (C=O) groups excluding carboxylic acids is 1. The molecule has 63 heavy (non-hydrogen) atoms. The minimum absolute atomic E-state index is 0.0152. The van der Waals surface area contributed by atoms with E-state index in [-0.39, 0.29) is 28.6 Å². The zero-order chi connectivity index (χ0) is 44.7. The number of H-pyrrole nitrogens is 1. The third-order valence-corrected chi connectivity index (χ3v) is 20.4. The molecular formula is C47H59ClN6O6S2Si. The van der Waals surface area contributed by atoms with Crippen molar-refractivity contribution in [2.45, 2.75) is 127 Å². The van der Waals surface area contributed by atoms with Crippen molar-refractivity contribution in [3.8, 4) is 5.75 Å². The number of ether oxygens (including phenoxy) is 1. The van der Waals surface area contributed by atoms with Gasteiger partial charge in [0.25, 0.3) is 0 Å². The van der Waals surface area contributed by atoms with Crippen LogP contribution in [0.15, 0.2) is 64.8 Å². The van der Waals surface area contributed by atoms with Crippen molar-refractivity contribution in [1.82, 2.24) is 30.2 Å². The number of esters is 1. The van der Waals surface area contributed by atoms with Crippen molar-refractivity contribution >= 4 is 70.5 Å². The summed E-state index contributed by atoms with van der Waals surface area (Å²) in [6, 6.07) is 16.4. The first-order valence-corrected chi connectivity index (χ1v) is 27.1. The number of fused-ring (bicyclic) bond motifs is 4. The third kappa shape index (κ3) is 9.44. The van der Waals surface area contributed by atoms with Crippen molar-refractivity contribution in [3.63, 3.8) is 0 Å². The van der Waals surface area contributed by atoms with Gasteiger partial charge in [-0.2, -0.15) is 0 Å². The molecule has 0 saturated heterocycles. The number of halogens is 1. The topological polar surface area (TPSA) is 155 Å². The van der Waals surface area contributed by atoms with E-state index >= 15 is 0 Å². The summed E-state index contributed by atoms with van der Waals surface area (Å²) in [5, 5.41) is 38.1. The molecule has 1 fully saturated rings. The Balaban J connectivity index is 0.885. The number of phenols is 1. The lowest BCUT2D eigenvalue weighted by Gasteiger charge is -2.39. The van der Waals surface area contributed by atoms with Crippen LogP contribution in [0, 0.1) is 0 Å². The molecule has 12 nitrogen and oxygen atoms in total. The van der Waals surface area contributed by atoms with Gasteiger partial charge < -0.3 is 34.6 Å². The molecule has 2 aliphatic rings. The quantitative estimate of drug-likeness (QED) is 0.0546. The molecule has 0 amide bonds. The van der Waals surface area contributed by atoms with Gasteiger partial charge in [0.2, 0.25) is 11.2 Å². The number of benzene rings is 2. The second kappa shape index (κ2) is 18.5. The Morgan fingerprint density at radius 1 is 1.08 bits per heavy atom. The number of aromatic nitrogens is 4. The Labute approximate surface area is 382 Å². The van der Waals surface area contributed by atoms with Crippen LogP contribution < -0.4 is 10.9 Å². The highest BCUT2D eigenvalue weighted by Gasteiger charge is 2.45. The van der Waals surface area contributed by atoms with Gasteiger partial charge in [0.1, 0.15) is 17.4 Å². The smallest absolute Gasteiger partial charge is 0.349 e. The molecular weight excluding hydrogens is 872 g/mol. The molecule has 2 atom stereocenters. The summed E-state index contributed by atoms with van der Waals surface area (Å²) in [5.74, 6) is -0.604. The number of rotatable bonds is 16. The Morgan fingerprint density at radius 3 is 2.57 bits per heavy atom. The van der Waals surface area contributed by atoms with Crippen molar-refractivity contribution in [3.05, 3.63) is 107 Å². The van der Waals surface area contributed by atoms with Gasteiger partial charge in [0.05, 0.1) is 31.2 Å². The maximum absolute atomic E-state index is 13.6. The maximum atomic E-state index is 13.6. The minimum atomic E-state index is -2.23. The van der Waals surface area contributed by atoms with Crippen LogP contribution in [0.5, 0.6) is 5.75 Å². The zero-order valence-corrected chi connectivity index (χ0v) is 40.4. The van der Waals surface area contributed by atoms with Crippen LogP contribution in [0.2, 0.25) is 22.5 Å². The number of nitrogens with zero attached hydrogens (tertiary/aromatic N) is 4. The van der Waals surface area contributed by atoms with Crippen molar-refractivity contribution in [2.24, 2.45) is 0 Å². The molecule has 0 bridgehead atoms. The lowest BCUT2D eigenvalue weighted by molar-refractivity contribution is -0.169. The van der Waals surface area contributed by atoms with Crippen LogP contribution in [0.1, 0.15) is 97.4 Å². The fourth-order valence-corrected chi connectivity index (χ4v) is 12.4. The molecule has 16 heteroatoms. The number of aliphatic hydroxyl groups is 1. The van der Waals surface area contributed by atoms with E-state index in [9.17, 15) is 19.8 Å². The Kier molecular flexibility index (Phi) is 13.4. The number of aromatic amines is 1. The van der Waals surface area contributed by atoms with E-state index < -0.39 is 19.9 Å². The van der Waals surface area contributed by atoms with E-state index in [1.807, 2.05) is 17.5 Å². The van der Waals surface area contributed by atoms with E-state index in [2.05, 4.69) is 77.2 Å². The maximum Gasteiger partial charge on any atom is 0.349 e. The lowest BCUT2D eigenvalue weighted by atomic mass is 9.91. The fraction of sp³-hybridized carbons (Fsp3) is 0.489. The predicted molar refractivity (Wildman–Crippen MR) is 255 cm³/mol. The van der Waals surface area contributed by atoms with Gasteiger partial charge in [-0.25, -0.2) is 9.48 Å². The second-order valence-corrected chi connectivity index (χ2v) is 26.2. The van der Waals surface area contributed by atoms with E-state index in [0.29, 0.717) is 38.7 Å². The number of phenolic OH excluding ortho intramolecular Hbond substituents is 1. The van der Waals surface area contributed by atoms with Crippen molar-refractivity contribution in [1.29, 1.82) is 0 Å². The van der Waals surface area contributed by atoms with Crippen LogP contribution in [-0.4, -0.2) is 81.7 Å². The molecule has 1 saturated carbocycles. The monoisotopic (exact) mass is 930 g/mol. The molecule has 4 aromatic heterocycles. The number of hydrogen-bond acceptors (Lipinski definition) is 12. The molecule has 0 spiro atoms. The highest BCUT2D eigenvalue weighted by Crippen LogP contribution is 2.43. The molecule has 8 rings (SSSR count). The largest absolute Gasteiger partial charge is 0.506 e. The standard InChI is InChI=1S/C47H59ClN6O6S2Si/c1-46(2,3)63(5,6)60-38(33-17-19-37(55)43-34(33)18-22-42(56)50-43)28-49-27-29-26-36-44(35-11-7-10-32(29)35)54(52-51-36)24-9-23-53(4)30-13-15-31(16-14-30)59-45(57)47(58,39-12-8-25-61-39)40-20-21-41(48)62-40/h8,12,17-22,25-26,30-31,38,49,55,58H,7,9-11,13-16,23-24,27-28H2,1-6H3,(H,50,56)/t30-,31-,38?,47-/m0/s1. The van der Waals surface area contributed by atoms with Crippen LogP contribution in [0.3, 0.4) is 0 Å². The molecule has 1 unspecified atom stereocenters. The first kappa shape index (κ1) is 45.6. The highest BCUT2D eigenvalue weighted by atomic mass is 35.5. The van der Waals surface area contributed by atoms with Gasteiger partial charge in [-0.15, -0.1) is 27.8 Å². The Bertz CT molecular complexity index is 2630. The molecule has 2 aliphatic carbocycles. The van der Waals surface area contributed by atoms with Crippen LogP contribution in [-0.2, 0) is 45.5 Å². The van der Waals surface area contributed by atoms with Gasteiger partial charge in [-0.05, 0) is 147 Å². The number of pyridine rings is 1. The van der Waals surface area contributed by atoms with Gasteiger partial charge in [-0.1, -0.05) is 49.7 Å². The minimum Gasteiger partial charge on any atom is -0.506 e. The summed E-state index contributed by atoms with van der Waals surface area (Å²) in [4.78, 5) is 32.0. The number of hydrogen-bond donors (Lipinski definition) is 4. The van der Waals surface area contributed by atoms with E-state index in [4.69, 9.17) is 20.8 Å². The van der Waals surface area contributed by atoms with Gasteiger partial charge >= 0.3 is 5.97 Å². The summed E-state index contributed by atoms with van der Waals surface area (Å²) >= 11 is 8.72. The zero-order valence-electron chi connectivity index (χ0n) is 37.0. The van der Waals surface area contributed by atoms with E-state index in [0.717, 1.165) is 86.4 Å². The number of nitrogens with one attached hydrogen (secondary N) is 2. The highest BCUT2D eigenvalue weighted by molar-refractivity contribution is 7.16. The van der Waals surface area contributed by atoms with E-state index in [1.54, 1.807) is 30.3 Å². The average molecular weight is 932 g/mol. The summed E-state index contributed by atoms with van der Waals surface area (Å²) in [7, 11) is -0.0503. The molecule has 4 N–H and O–H groups in total. The molecule has 0 radical (unpaired) electrons. The summed E-state index contributed by atoms with van der Waals surface area (Å²) < 4.78 is 15.7. The molecule has 336 valence electrons. The van der Waals surface area contributed by atoms with Gasteiger partial charge in [0, 0.05) is 37.1 Å². The van der Waals surface area contributed by atoms with Crippen molar-refractivity contribution < 1.29 is 24.2 Å². The number of aromatic hydroxyl groups is 1. The SMILES string of the molecule is CN(CCCn1nnc2cc(CNCC(O[Si](C)(C)C(C)(C)C)c3ccc(O)c4[nH]c(=O)ccc34)c3c(c21)CCC3)[C@H]1CC[C@H](OC(=O)[C@](O)(c2cccs2)c2ccc(Cl)s2)CC1.